The van der Waals surface area contributed by atoms with E-state index < -0.39 is 0 Å². The molecule has 0 rings (SSSR count). The SMILES string of the molecule is CCCCCCCCCCCCCCCCCCNONCCCCCCCCCCCCCCCCCC. The van der Waals surface area contributed by atoms with Crippen LogP contribution in [0, 0.1) is 0 Å². The molecule has 3 heteroatoms. The largest absolute Gasteiger partial charge is 0.214 e. The number of hydroxylamine groups is 2. The fraction of sp³-hybridized carbons (Fsp3) is 1.00. The van der Waals surface area contributed by atoms with E-state index in [0.717, 1.165) is 13.1 Å². The molecule has 39 heavy (non-hydrogen) atoms. The van der Waals surface area contributed by atoms with E-state index in [0.29, 0.717) is 0 Å². The number of unbranched alkanes of at least 4 members (excludes halogenated alkanes) is 30. The molecular formula is C36H76N2O. The molecule has 0 aromatic rings. The standard InChI is InChI=1S/C36H76N2O/c1-3-5-7-9-11-13-15-17-19-21-23-25-27-29-31-33-35-37-39-38-36-34-32-30-28-26-24-22-20-18-16-14-12-10-8-6-4-2/h37-38H,3-36H2,1-2H3. The summed E-state index contributed by atoms with van der Waals surface area (Å²) in [5, 5.41) is 0. The molecule has 0 heterocycles. The van der Waals surface area contributed by atoms with Gasteiger partial charge in [0.2, 0.25) is 0 Å². The van der Waals surface area contributed by atoms with Crippen molar-refractivity contribution < 1.29 is 4.94 Å². The van der Waals surface area contributed by atoms with Crippen LogP contribution in [0.1, 0.15) is 219 Å². The van der Waals surface area contributed by atoms with E-state index in [1.165, 1.54) is 205 Å². The van der Waals surface area contributed by atoms with Gasteiger partial charge in [-0.2, -0.15) is 11.0 Å². The molecule has 3 nitrogen and oxygen atoms in total. The Bertz CT molecular complexity index is 368. The second-order valence-electron chi connectivity index (χ2n) is 12.5. The van der Waals surface area contributed by atoms with E-state index in [-0.39, 0.29) is 0 Å². The van der Waals surface area contributed by atoms with Crippen LogP contribution in [0.25, 0.3) is 0 Å². The Morgan fingerprint density at radius 1 is 0.256 bits per heavy atom. The lowest BCUT2D eigenvalue weighted by Crippen LogP contribution is -2.27. The van der Waals surface area contributed by atoms with Crippen molar-refractivity contribution in [1.82, 2.24) is 11.0 Å². The van der Waals surface area contributed by atoms with Crippen LogP contribution in [0.2, 0.25) is 0 Å². The molecular weight excluding hydrogens is 476 g/mol. The Balaban J connectivity index is 3.01. The maximum atomic E-state index is 5.38. The summed E-state index contributed by atoms with van der Waals surface area (Å²) in [5.41, 5.74) is 6.16. The lowest BCUT2D eigenvalue weighted by molar-refractivity contribution is -0.0387. The molecule has 0 aliphatic heterocycles. The Kier molecular flexibility index (Phi) is 37.8. The normalized spacial score (nSPS) is 11.5. The third-order valence-corrected chi connectivity index (χ3v) is 8.41. The van der Waals surface area contributed by atoms with E-state index in [9.17, 15) is 0 Å². The van der Waals surface area contributed by atoms with Crippen molar-refractivity contribution in [3.63, 3.8) is 0 Å². The Labute approximate surface area is 248 Å². The first kappa shape index (κ1) is 38.9. The highest BCUT2D eigenvalue weighted by Gasteiger charge is 1.97. The number of hydrogen-bond donors (Lipinski definition) is 2. The summed E-state index contributed by atoms with van der Waals surface area (Å²) in [6.07, 6.45) is 45.4. The van der Waals surface area contributed by atoms with E-state index in [1.54, 1.807) is 0 Å². The zero-order chi connectivity index (χ0) is 28.2. The van der Waals surface area contributed by atoms with Gasteiger partial charge in [-0.25, -0.2) is 4.94 Å². The maximum absolute atomic E-state index is 5.38. The molecule has 0 saturated carbocycles. The molecule has 0 aliphatic rings. The lowest BCUT2D eigenvalue weighted by atomic mass is 10.0. The Morgan fingerprint density at radius 2 is 0.436 bits per heavy atom. The average molecular weight is 553 g/mol. The fourth-order valence-electron chi connectivity index (χ4n) is 5.64. The molecule has 0 radical (unpaired) electrons. The van der Waals surface area contributed by atoms with Crippen LogP contribution in [-0.4, -0.2) is 13.1 Å². The summed E-state index contributed by atoms with van der Waals surface area (Å²) in [4.78, 5) is 5.38. The Hall–Kier alpha value is -0.120. The number of hydrogen-bond acceptors (Lipinski definition) is 3. The fourth-order valence-corrected chi connectivity index (χ4v) is 5.64. The predicted octanol–water partition coefficient (Wildman–Crippen LogP) is 12.5. The van der Waals surface area contributed by atoms with Crippen LogP contribution >= 0.6 is 0 Å². The van der Waals surface area contributed by atoms with Crippen molar-refractivity contribution in [1.29, 1.82) is 0 Å². The highest BCUT2D eigenvalue weighted by Crippen LogP contribution is 2.15. The molecule has 0 aromatic heterocycles. The molecule has 0 unspecified atom stereocenters. The molecule has 0 bridgehead atoms. The van der Waals surface area contributed by atoms with Crippen LogP contribution < -0.4 is 11.0 Å². The molecule has 0 atom stereocenters. The summed E-state index contributed by atoms with van der Waals surface area (Å²) in [7, 11) is 0. The van der Waals surface area contributed by atoms with Crippen LogP contribution in [0.3, 0.4) is 0 Å². The summed E-state index contributed by atoms with van der Waals surface area (Å²) in [6, 6.07) is 0. The molecule has 2 N–H and O–H groups in total. The highest BCUT2D eigenvalue weighted by molar-refractivity contribution is 4.52. The van der Waals surface area contributed by atoms with Crippen LogP contribution in [-0.2, 0) is 4.94 Å². The van der Waals surface area contributed by atoms with Crippen molar-refractivity contribution in [2.24, 2.45) is 0 Å². The van der Waals surface area contributed by atoms with Gasteiger partial charge in [-0.1, -0.05) is 206 Å². The Morgan fingerprint density at radius 3 is 0.641 bits per heavy atom. The van der Waals surface area contributed by atoms with Gasteiger partial charge < -0.3 is 0 Å². The van der Waals surface area contributed by atoms with E-state index >= 15 is 0 Å². The minimum Gasteiger partial charge on any atom is -0.214 e. The first-order valence-electron chi connectivity index (χ1n) is 18.5. The minimum absolute atomic E-state index is 0.963. The highest BCUT2D eigenvalue weighted by atomic mass is 16.8. The average Bonchev–Trinajstić information content (AvgIpc) is 2.95. The van der Waals surface area contributed by atoms with Crippen molar-refractivity contribution in [3.05, 3.63) is 0 Å². The summed E-state index contributed by atoms with van der Waals surface area (Å²) in [6.45, 7) is 6.52. The molecule has 0 amide bonds. The molecule has 0 aliphatic carbocycles. The van der Waals surface area contributed by atoms with Gasteiger partial charge in [-0.3, -0.25) is 0 Å². The van der Waals surface area contributed by atoms with Crippen molar-refractivity contribution in [2.45, 2.75) is 219 Å². The zero-order valence-corrected chi connectivity index (χ0v) is 27.4. The molecule has 0 aromatic carbocycles. The van der Waals surface area contributed by atoms with E-state index in [1.807, 2.05) is 0 Å². The maximum Gasteiger partial charge on any atom is 0.0229 e. The van der Waals surface area contributed by atoms with Crippen molar-refractivity contribution in [2.75, 3.05) is 13.1 Å². The summed E-state index contributed by atoms with van der Waals surface area (Å²) >= 11 is 0. The monoisotopic (exact) mass is 553 g/mol. The van der Waals surface area contributed by atoms with Gasteiger partial charge >= 0.3 is 0 Å². The van der Waals surface area contributed by atoms with Gasteiger partial charge in [0.05, 0.1) is 0 Å². The van der Waals surface area contributed by atoms with Crippen molar-refractivity contribution in [3.8, 4) is 0 Å². The van der Waals surface area contributed by atoms with Gasteiger partial charge in [0.1, 0.15) is 0 Å². The lowest BCUT2D eigenvalue weighted by Gasteiger charge is -2.07. The predicted molar refractivity (Wildman–Crippen MR) is 176 cm³/mol. The van der Waals surface area contributed by atoms with Gasteiger partial charge in [0.25, 0.3) is 0 Å². The minimum atomic E-state index is 0.963. The third-order valence-electron chi connectivity index (χ3n) is 8.41. The third kappa shape index (κ3) is 37.9. The summed E-state index contributed by atoms with van der Waals surface area (Å²) < 4.78 is 0. The molecule has 236 valence electrons. The second-order valence-corrected chi connectivity index (χ2v) is 12.5. The smallest absolute Gasteiger partial charge is 0.0229 e. The quantitative estimate of drug-likeness (QED) is 0.0599. The molecule has 0 saturated heterocycles. The number of rotatable bonds is 36. The molecule has 0 spiro atoms. The van der Waals surface area contributed by atoms with Gasteiger partial charge in [0.15, 0.2) is 0 Å². The first-order valence-corrected chi connectivity index (χ1v) is 18.5. The van der Waals surface area contributed by atoms with E-state index in [2.05, 4.69) is 24.8 Å². The van der Waals surface area contributed by atoms with E-state index in [4.69, 9.17) is 4.94 Å². The van der Waals surface area contributed by atoms with Gasteiger partial charge in [-0.15, -0.1) is 0 Å². The second kappa shape index (κ2) is 37.9. The molecule has 0 fully saturated rings. The van der Waals surface area contributed by atoms with Gasteiger partial charge in [-0.05, 0) is 12.8 Å². The van der Waals surface area contributed by atoms with Crippen LogP contribution in [0.5, 0.6) is 0 Å². The summed E-state index contributed by atoms with van der Waals surface area (Å²) in [5.74, 6) is 0. The zero-order valence-electron chi connectivity index (χ0n) is 27.4. The van der Waals surface area contributed by atoms with Crippen LogP contribution in [0.15, 0.2) is 0 Å². The topological polar surface area (TPSA) is 33.3 Å². The van der Waals surface area contributed by atoms with Gasteiger partial charge in [0, 0.05) is 13.1 Å². The van der Waals surface area contributed by atoms with Crippen LogP contribution in [0.4, 0.5) is 0 Å². The first-order chi connectivity index (χ1) is 19.4. The van der Waals surface area contributed by atoms with Crippen molar-refractivity contribution >= 4 is 0 Å². The number of nitrogens with one attached hydrogen (secondary N) is 2.